The molecule has 0 bridgehead atoms. The van der Waals surface area contributed by atoms with E-state index in [9.17, 15) is 58.2 Å². The number of carboxylic acid groups (broad SMARTS) is 2. The van der Waals surface area contributed by atoms with Crippen molar-refractivity contribution in [2.24, 2.45) is 21.6 Å². The molecule has 0 spiro atoms. The minimum absolute atomic E-state index is 0.0294. The van der Waals surface area contributed by atoms with Crippen molar-refractivity contribution in [1.82, 2.24) is 42.5 Å². The molecule has 0 radical (unpaired) electrons. The fraction of sp³-hybridized carbons (Fsp3) is 0.538. The molecule has 3 rings (SSSR count). The van der Waals surface area contributed by atoms with Crippen LogP contribution in [0.4, 0.5) is 0 Å². The first-order chi connectivity index (χ1) is 40.4. The van der Waals surface area contributed by atoms with Crippen LogP contribution < -0.4 is 54.0 Å². The first-order valence-corrected chi connectivity index (χ1v) is 27.7. The SMILES string of the molecule is NC(N)=NCCC[C@@H]1NC(=O)[C@H](CCC(=O)NCCOCCOCCOCCOCCOCCOCC(=O)N[C@@H](CNC(=O)CO/N=C/c2ccc(I)cc2)C(=O)O)NC(=O)[C@@H](Cc2ccccc2)NC(=O)[C@H](CC(=O)O)NC(=O)CNC1=O. The Balaban J connectivity index is 1.29. The minimum atomic E-state index is -1.65. The van der Waals surface area contributed by atoms with E-state index in [0.717, 1.165) is 9.13 Å². The summed E-state index contributed by atoms with van der Waals surface area (Å²) in [6.07, 6.45) is 0.0609. The summed E-state index contributed by atoms with van der Waals surface area (Å²) in [6, 6.07) is 8.70. The number of carbonyl (C=O) groups excluding carboxylic acids is 8. The highest BCUT2D eigenvalue weighted by Gasteiger charge is 2.33. The van der Waals surface area contributed by atoms with Gasteiger partial charge in [0, 0.05) is 36.0 Å². The summed E-state index contributed by atoms with van der Waals surface area (Å²) >= 11 is 2.16. The van der Waals surface area contributed by atoms with Crippen LogP contribution in [0.1, 0.15) is 43.2 Å². The van der Waals surface area contributed by atoms with Crippen molar-refractivity contribution < 1.29 is 91.4 Å². The predicted octanol–water partition coefficient (Wildman–Crippen LogP) is -3.84. The molecule has 0 saturated carbocycles. The molecule has 2 aromatic rings. The molecule has 1 aliphatic rings. The number of carbonyl (C=O) groups is 10. The van der Waals surface area contributed by atoms with Crippen LogP contribution in [0.2, 0.25) is 0 Å². The molecule has 0 aromatic heterocycles. The monoisotopic (exact) mass is 1300 g/mol. The Morgan fingerprint density at radius 2 is 1.20 bits per heavy atom. The van der Waals surface area contributed by atoms with Crippen molar-refractivity contribution in [2.45, 2.75) is 68.7 Å². The molecule has 5 atom stereocenters. The van der Waals surface area contributed by atoms with Crippen molar-refractivity contribution in [3.8, 4) is 0 Å². The van der Waals surface area contributed by atoms with Crippen LogP contribution in [-0.4, -0.2) is 224 Å². The van der Waals surface area contributed by atoms with Crippen LogP contribution in [0.15, 0.2) is 64.7 Å². The summed E-state index contributed by atoms with van der Waals surface area (Å²) in [5.74, 6) is -9.33. The van der Waals surface area contributed by atoms with Crippen LogP contribution in [0, 0.1) is 3.57 Å². The number of amides is 8. The number of benzene rings is 2. The van der Waals surface area contributed by atoms with Crippen molar-refractivity contribution in [3.63, 3.8) is 0 Å². The highest BCUT2D eigenvalue weighted by molar-refractivity contribution is 14.1. The summed E-state index contributed by atoms with van der Waals surface area (Å²) < 4.78 is 33.6. The zero-order chi connectivity index (χ0) is 61.3. The van der Waals surface area contributed by atoms with E-state index in [1.165, 1.54) is 6.21 Å². The quantitative estimate of drug-likeness (QED) is 0.0100. The third-order valence-corrected chi connectivity index (χ3v) is 12.1. The van der Waals surface area contributed by atoms with E-state index >= 15 is 0 Å². The maximum Gasteiger partial charge on any atom is 0.328 e. The van der Waals surface area contributed by atoms with E-state index in [2.05, 4.69) is 75.3 Å². The van der Waals surface area contributed by atoms with Gasteiger partial charge in [0.2, 0.25) is 41.4 Å². The zero-order valence-electron chi connectivity index (χ0n) is 46.2. The number of halogens is 1. The number of aliphatic carboxylic acids is 2. The van der Waals surface area contributed by atoms with Gasteiger partial charge in [0.05, 0.1) is 91.9 Å². The second-order valence-electron chi connectivity index (χ2n) is 18.1. The Kier molecular flexibility index (Phi) is 35.5. The molecule has 84 heavy (non-hydrogen) atoms. The molecule has 31 nitrogen and oxygen atoms in total. The first kappa shape index (κ1) is 70.6. The summed E-state index contributed by atoms with van der Waals surface area (Å²) in [6.45, 7) is 0.547. The van der Waals surface area contributed by atoms with Crippen molar-refractivity contribution >= 4 is 94.0 Å². The fourth-order valence-electron chi connectivity index (χ4n) is 7.17. The molecule has 8 amide bonds. The number of aliphatic imine (C=N–C) groups is 1. The lowest BCUT2D eigenvalue weighted by molar-refractivity contribution is -0.143. The van der Waals surface area contributed by atoms with Gasteiger partial charge in [0.1, 0.15) is 36.8 Å². The van der Waals surface area contributed by atoms with Gasteiger partial charge >= 0.3 is 11.9 Å². The molecule has 14 N–H and O–H groups in total. The van der Waals surface area contributed by atoms with Crippen molar-refractivity contribution in [1.29, 1.82) is 0 Å². The third-order valence-electron chi connectivity index (χ3n) is 11.4. The van der Waals surface area contributed by atoms with Gasteiger partial charge < -0.3 is 97.5 Å². The smallest absolute Gasteiger partial charge is 0.328 e. The molecule has 0 unspecified atom stereocenters. The van der Waals surface area contributed by atoms with Gasteiger partial charge in [-0.15, -0.1) is 0 Å². The summed E-state index contributed by atoms with van der Waals surface area (Å²) in [4.78, 5) is 137. The number of carboxylic acids is 2. The molecule has 2 aromatic carbocycles. The molecule has 1 aliphatic heterocycles. The van der Waals surface area contributed by atoms with E-state index in [1.54, 1.807) is 30.3 Å². The van der Waals surface area contributed by atoms with Gasteiger partial charge in [0.15, 0.2) is 12.6 Å². The Labute approximate surface area is 497 Å². The van der Waals surface area contributed by atoms with Crippen LogP contribution in [0.5, 0.6) is 0 Å². The standard InChI is InChI=1S/C52H75IN12O19/c53-36-10-8-35(9-11-36)29-60-84-33-44(68)58-30-41(51(76)77)62-45(69)32-83-26-25-82-24-23-81-22-21-80-20-19-79-18-17-78-16-15-56-42(66)13-12-38-48(73)63-37(7-4-14-57-52(54)55)47(72)59-31-43(67)61-40(28-46(70)71)50(75)65-39(49(74)64-38)27-34-5-2-1-3-6-34/h1-3,5-6,8-11,29,37-41H,4,7,12-28,30-33H2,(H,56,66)(H,58,68)(H,59,72)(H,61,67)(H,62,69)(H,63,73)(H,64,74)(H,65,75)(H,70,71)(H,76,77)(H4,54,55,57)/b60-29+/t37-,38-,39+,40-,41-/m0/s1. The number of hydrogen-bond donors (Lipinski definition) is 12. The Bertz CT molecular complexity index is 2460. The number of guanidine groups is 1. The summed E-state index contributed by atoms with van der Waals surface area (Å²) in [5.41, 5.74) is 12.2. The Morgan fingerprint density at radius 3 is 1.80 bits per heavy atom. The lowest BCUT2D eigenvalue weighted by Crippen LogP contribution is -2.58. The normalized spacial score (nSPS) is 17.2. The summed E-state index contributed by atoms with van der Waals surface area (Å²) in [5, 5.41) is 42.3. The number of nitrogens with two attached hydrogens (primary N) is 2. The van der Waals surface area contributed by atoms with Gasteiger partial charge in [-0.25, -0.2) is 4.79 Å². The van der Waals surface area contributed by atoms with Crippen LogP contribution in [-0.2, 0) is 87.6 Å². The van der Waals surface area contributed by atoms with Gasteiger partial charge in [-0.3, -0.25) is 48.1 Å². The van der Waals surface area contributed by atoms with Crippen LogP contribution in [0.3, 0.4) is 0 Å². The first-order valence-electron chi connectivity index (χ1n) is 26.6. The van der Waals surface area contributed by atoms with Crippen LogP contribution in [0.25, 0.3) is 0 Å². The molecule has 32 heteroatoms. The van der Waals surface area contributed by atoms with Crippen molar-refractivity contribution in [2.75, 3.05) is 112 Å². The van der Waals surface area contributed by atoms with Crippen LogP contribution >= 0.6 is 22.6 Å². The van der Waals surface area contributed by atoms with E-state index in [4.69, 9.17) is 44.7 Å². The Morgan fingerprint density at radius 1 is 0.643 bits per heavy atom. The highest BCUT2D eigenvalue weighted by Crippen LogP contribution is 2.10. The molecule has 464 valence electrons. The number of oxime groups is 1. The lowest BCUT2D eigenvalue weighted by Gasteiger charge is -2.26. The number of nitrogens with one attached hydrogen (secondary N) is 8. The largest absolute Gasteiger partial charge is 0.481 e. The second-order valence-corrected chi connectivity index (χ2v) is 19.3. The number of hydrogen-bond acceptors (Lipinski definition) is 19. The average Bonchev–Trinajstić information content (AvgIpc) is 3.67. The van der Waals surface area contributed by atoms with E-state index in [1.807, 2.05) is 24.3 Å². The van der Waals surface area contributed by atoms with Gasteiger partial charge in [-0.1, -0.05) is 47.6 Å². The number of ether oxygens (including phenoxy) is 6. The number of nitrogens with zero attached hydrogens (tertiary/aromatic N) is 2. The average molecular weight is 1300 g/mol. The fourth-order valence-corrected chi connectivity index (χ4v) is 7.53. The molecule has 0 aliphatic carbocycles. The maximum atomic E-state index is 14.0. The molecular weight excluding hydrogens is 1220 g/mol. The van der Waals surface area contributed by atoms with E-state index in [0.29, 0.717) is 5.56 Å². The molecular formula is C52H75IN12O19. The van der Waals surface area contributed by atoms with E-state index in [-0.39, 0.29) is 130 Å². The van der Waals surface area contributed by atoms with Gasteiger partial charge in [-0.2, -0.15) is 0 Å². The third kappa shape index (κ3) is 32.9. The number of rotatable bonds is 39. The van der Waals surface area contributed by atoms with Gasteiger partial charge in [0.25, 0.3) is 5.91 Å². The predicted molar refractivity (Wildman–Crippen MR) is 305 cm³/mol. The zero-order valence-corrected chi connectivity index (χ0v) is 48.3. The molecule has 1 fully saturated rings. The second kappa shape index (κ2) is 42.2. The lowest BCUT2D eigenvalue weighted by atomic mass is 10.0. The van der Waals surface area contributed by atoms with Crippen molar-refractivity contribution in [3.05, 3.63) is 69.3 Å². The maximum absolute atomic E-state index is 14.0. The Hall–Kier alpha value is -7.63. The minimum Gasteiger partial charge on any atom is -0.481 e. The molecule has 1 saturated heterocycles. The van der Waals surface area contributed by atoms with Gasteiger partial charge in [-0.05, 0) is 65.1 Å². The topological polar surface area (TPSA) is 449 Å². The molecule has 1 heterocycles. The van der Waals surface area contributed by atoms with E-state index < -0.39 is 116 Å². The summed E-state index contributed by atoms with van der Waals surface area (Å²) in [7, 11) is 0. The highest BCUT2D eigenvalue weighted by atomic mass is 127.